The van der Waals surface area contributed by atoms with E-state index < -0.39 is 5.41 Å². The Morgan fingerprint density at radius 3 is 2.50 bits per heavy atom. The van der Waals surface area contributed by atoms with Crippen LogP contribution in [0.4, 0.5) is 0 Å². The molecular formula is C19H23N3O2. The summed E-state index contributed by atoms with van der Waals surface area (Å²) in [4.78, 5) is 27.6. The van der Waals surface area contributed by atoms with Gasteiger partial charge in [0.15, 0.2) is 0 Å². The van der Waals surface area contributed by atoms with Crippen LogP contribution in [0.15, 0.2) is 42.7 Å². The highest BCUT2D eigenvalue weighted by Crippen LogP contribution is 2.36. The van der Waals surface area contributed by atoms with E-state index in [0.29, 0.717) is 6.54 Å². The molecule has 1 saturated heterocycles. The van der Waals surface area contributed by atoms with Crippen LogP contribution in [0.5, 0.6) is 0 Å². The smallest absolute Gasteiger partial charge is 0.261 e. The van der Waals surface area contributed by atoms with Gasteiger partial charge in [-0.3, -0.25) is 9.59 Å². The summed E-state index contributed by atoms with van der Waals surface area (Å²) < 4.78 is 1.24. The number of hydrogen-bond donors (Lipinski definition) is 0. The molecule has 0 N–H and O–H groups in total. The lowest BCUT2D eigenvalue weighted by Crippen LogP contribution is -2.46. The molecule has 2 heterocycles. The molecule has 126 valence electrons. The van der Waals surface area contributed by atoms with Crippen molar-refractivity contribution in [2.45, 2.75) is 39.7 Å². The molecule has 0 spiro atoms. The standard InChI is InChI=1S/C19H23N3O2/c1-14-7-9-15(10-8-14)16-6-4-12-21(16)17(23)19(2,3)18(24)22-13-5-11-20-22/h5,7-11,13,16H,4,6,12H2,1-3H3. The predicted molar refractivity (Wildman–Crippen MR) is 91.5 cm³/mol. The van der Waals surface area contributed by atoms with Crippen molar-refractivity contribution in [1.29, 1.82) is 0 Å². The first kappa shape index (κ1) is 16.4. The molecule has 5 nitrogen and oxygen atoms in total. The van der Waals surface area contributed by atoms with Gasteiger partial charge in [-0.25, -0.2) is 4.68 Å². The Morgan fingerprint density at radius 1 is 1.17 bits per heavy atom. The van der Waals surface area contributed by atoms with Gasteiger partial charge in [-0.05, 0) is 45.2 Å². The molecule has 0 aliphatic carbocycles. The number of carbonyl (C=O) groups is 2. The molecule has 1 aromatic carbocycles. The molecule has 0 saturated carbocycles. The van der Waals surface area contributed by atoms with Crippen LogP contribution in [-0.2, 0) is 4.79 Å². The van der Waals surface area contributed by atoms with Crippen LogP contribution in [0.25, 0.3) is 0 Å². The van der Waals surface area contributed by atoms with Crippen molar-refractivity contribution < 1.29 is 9.59 Å². The number of likely N-dealkylation sites (tertiary alicyclic amines) is 1. The van der Waals surface area contributed by atoms with E-state index in [1.54, 1.807) is 32.3 Å². The van der Waals surface area contributed by atoms with E-state index in [1.807, 2.05) is 11.8 Å². The van der Waals surface area contributed by atoms with Gasteiger partial charge in [0, 0.05) is 18.9 Å². The molecule has 1 aromatic heterocycles. The molecule has 0 bridgehead atoms. The lowest BCUT2D eigenvalue weighted by Gasteiger charge is -2.32. The maximum absolute atomic E-state index is 13.1. The second-order valence-corrected chi connectivity index (χ2v) is 6.95. The molecule has 5 heteroatoms. The number of benzene rings is 1. The molecule has 3 rings (SSSR count). The molecule has 1 unspecified atom stereocenters. The summed E-state index contributed by atoms with van der Waals surface area (Å²) in [5.41, 5.74) is 1.19. The number of rotatable bonds is 3. The van der Waals surface area contributed by atoms with E-state index in [4.69, 9.17) is 0 Å². The van der Waals surface area contributed by atoms with Crippen molar-refractivity contribution in [3.8, 4) is 0 Å². The van der Waals surface area contributed by atoms with Crippen molar-refractivity contribution in [3.05, 3.63) is 53.9 Å². The second kappa shape index (κ2) is 6.23. The van der Waals surface area contributed by atoms with E-state index in [-0.39, 0.29) is 17.9 Å². The Labute approximate surface area is 142 Å². The van der Waals surface area contributed by atoms with Gasteiger partial charge in [-0.1, -0.05) is 29.8 Å². The summed E-state index contributed by atoms with van der Waals surface area (Å²) in [7, 11) is 0. The SMILES string of the molecule is Cc1ccc(C2CCCN2C(=O)C(C)(C)C(=O)n2cccn2)cc1. The van der Waals surface area contributed by atoms with Crippen LogP contribution < -0.4 is 0 Å². The second-order valence-electron chi connectivity index (χ2n) is 6.95. The number of aromatic nitrogens is 2. The maximum atomic E-state index is 13.1. The van der Waals surface area contributed by atoms with Gasteiger partial charge < -0.3 is 4.90 Å². The van der Waals surface area contributed by atoms with Crippen molar-refractivity contribution >= 4 is 11.8 Å². The summed E-state index contributed by atoms with van der Waals surface area (Å²) in [6.07, 6.45) is 5.01. The minimum absolute atomic E-state index is 0.0443. The quantitative estimate of drug-likeness (QED) is 0.814. The fourth-order valence-corrected chi connectivity index (χ4v) is 3.27. The van der Waals surface area contributed by atoms with Crippen LogP contribution in [-0.4, -0.2) is 33.0 Å². The molecule has 0 radical (unpaired) electrons. The normalized spacial score (nSPS) is 18.0. The largest absolute Gasteiger partial charge is 0.335 e. The van der Waals surface area contributed by atoms with Crippen LogP contribution in [0.3, 0.4) is 0 Å². The summed E-state index contributed by atoms with van der Waals surface area (Å²) in [5, 5.41) is 3.97. The number of carbonyl (C=O) groups excluding carboxylic acids is 2. The van der Waals surface area contributed by atoms with Crippen LogP contribution in [0.1, 0.15) is 48.7 Å². The van der Waals surface area contributed by atoms with Gasteiger partial charge in [0.1, 0.15) is 5.41 Å². The van der Waals surface area contributed by atoms with E-state index in [9.17, 15) is 9.59 Å². The summed E-state index contributed by atoms with van der Waals surface area (Å²) >= 11 is 0. The lowest BCUT2D eigenvalue weighted by atomic mass is 9.89. The Hall–Kier alpha value is -2.43. The third kappa shape index (κ3) is 2.86. The fourth-order valence-electron chi connectivity index (χ4n) is 3.27. The Bertz CT molecular complexity index is 732. The molecule has 2 aromatic rings. The van der Waals surface area contributed by atoms with Crippen LogP contribution >= 0.6 is 0 Å². The van der Waals surface area contributed by atoms with Crippen LogP contribution in [0.2, 0.25) is 0 Å². The molecule has 1 atom stereocenters. The van der Waals surface area contributed by atoms with E-state index in [1.165, 1.54) is 10.2 Å². The summed E-state index contributed by atoms with van der Waals surface area (Å²) in [6, 6.07) is 10.0. The zero-order chi connectivity index (χ0) is 17.3. The average Bonchev–Trinajstić information content (AvgIpc) is 3.25. The Morgan fingerprint density at radius 2 is 1.88 bits per heavy atom. The molecule has 1 fully saturated rings. The van der Waals surface area contributed by atoms with Crippen molar-refractivity contribution in [2.75, 3.05) is 6.54 Å². The lowest BCUT2D eigenvalue weighted by molar-refractivity contribution is -0.139. The summed E-state index contributed by atoms with van der Waals surface area (Å²) in [6.45, 7) is 6.11. The highest BCUT2D eigenvalue weighted by molar-refractivity contribution is 6.05. The molecule has 24 heavy (non-hydrogen) atoms. The Balaban J connectivity index is 1.85. The maximum Gasteiger partial charge on any atom is 0.261 e. The molecule has 1 aliphatic rings. The van der Waals surface area contributed by atoms with Gasteiger partial charge in [0.2, 0.25) is 5.91 Å². The minimum Gasteiger partial charge on any atom is -0.335 e. The first-order valence-corrected chi connectivity index (χ1v) is 8.33. The molecule has 1 aliphatic heterocycles. The third-order valence-electron chi connectivity index (χ3n) is 4.76. The average molecular weight is 325 g/mol. The van der Waals surface area contributed by atoms with Gasteiger partial charge in [-0.15, -0.1) is 0 Å². The molecular weight excluding hydrogens is 302 g/mol. The first-order valence-electron chi connectivity index (χ1n) is 8.33. The predicted octanol–water partition coefficient (Wildman–Crippen LogP) is 3.22. The van der Waals surface area contributed by atoms with Crippen molar-refractivity contribution in [3.63, 3.8) is 0 Å². The van der Waals surface area contributed by atoms with Gasteiger partial charge in [0.05, 0.1) is 6.04 Å². The number of aryl methyl sites for hydroxylation is 1. The Kier molecular flexibility index (Phi) is 4.26. The monoisotopic (exact) mass is 325 g/mol. The number of hydrogen-bond acceptors (Lipinski definition) is 3. The van der Waals surface area contributed by atoms with Crippen LogP contribution in [0, 0.1) is 12.3 Å². The van der Waals surface area contributed by atoms with Gasteiger partial charge >= 0.3 is 0 Å². The molecule has 1 amide bonds. The van der Waals surface area contributed by atoms with E-state index in [2.05, 4.69) is 29.4 Å². The number of nitrogens with zero attached hydrogens (tertiary/aromatic N) is 3. The zero-order valence-electron chi connectivity index (χ0n) is 14.4. The van der Waals surface area contributed by atoms with Crippen molar-refractivity contribution in [2.24, 2.45) is 5.41 Å². The summed E-state index contributed by atoms with van der Waals surface area (Å²) in [5.74, 6) is -0.432. The van der Waals surface area contributed by atoms with Crippen molar-refractivity contribution in [1.82, 2.24) is 14.7 Å². The topological polar surface area (TPSA) is 55.2 Å². The highest BCUT2D eigenvalue weighted by Gasteiger charge is 2.43. The van der Waals surface area contributed by atoms with Gasteiger partial charge in [0.25, 0.3) is 5.91 Å². The van der Waals surface area contributed by atoms with E-state index >= 15 is 0 Å². The third-order valence-corrected chi connectivity index (χ3v) is 4.76. The first-order chi connectivity index (χ1) is 11.4. The van der Waals surface area contributed by atoms with E-state index in [0.717, 1.165) is 18.4 Å². The minimum atomic E-state index is -1.14. The number of amides is 1. The fraction of sp³-hybridized carbons (Fsp3) is 0.421. The highest BCUT2D eigenvalue weighted by atomic mass is 16.2. The van der Waals surface area contributed by atoms with Gasteiger partial charge in [-0.2, -0.15) is 5.10 Å². The zero-order valence-corrected chi connectivity index (χ0v) is 14.4.